The van der Waals surface area contributed by atoms with Crippen LogP contribution >= 0.6 is 0 Å². The average molecular weight is 214 g/mol. The van der Waals surface area contributed by atoms with Gasteiger partial charge in [-0.15, -0.1) is 12.3 Å². The van der Waals surface area contributed by atoms with Crippen molar-refractivity contribution in [3.05, 3.63) is 59.9 Å². The Kier molecular flexibility index (Phi) is 4.78. The standard InChI is InChI=1S/C15H18O/c1-4-15(16)11-14(10-12(2)3)13-8-6-5-7-9-13/h4-9,15-16H,1,11H2,2-3H3. The normalized spacial score (nSPS) is 11.4. The molecule has 0 heterocycles. The van der Waals surface area contributed by atoms with Crippen molar-refractivity contribution in [2.24, 2.45) is 0 Å². The van der Waals surface area contributed by atoms with Crippen molar-refractivity contribution < 1.29 is 5.11 Å². The van der Waals surface area contributed by atoms with Gasteiger partial charge in [-0.25, -0.2) is 0 Å². The largest absolute Gasteiger partial charge is 0.389 e. The summed E-state index contributed by atoms with van der Waals surface area (Å²) in [7, 11) is 0. The maximum absolute atomic E-state index is 9.61. The third-order valence-electron chi connectivity index (χ3n) is 2.21. The molecule has 1 aromatic rings. The van der Waals surface area contributed by atoms with Gasteiger partial charge in [0, 0.05) is 12.0 Å². The Morgan fingerprint density at radius 3 is 2.50 bits per heavy atom. The smallest absolute Gasteiger partial charge is 0.0764 e. The lowest BCUT2D eigenvalue weighted by molar-refractivity contribution is 0.230. The molecule has 1 rings (SSSR count). The summed E-state index contributed by atoms with van der Waals surface area (Å²) in [6, 6.07) is 10.0. The van der Waals surface area contributed by atoms with Crippen LogP contribution in [0.5, 0.6) is 0 Å². The van der Waals surface area contributed by atoms with Crippen molar-refractivity contribution >= 4 is 5.57 Å². The number of benzene rings is 1. The van der Waals surface area contributed by atoms with Crippen molar-refractivity contribution in [3.63, 3.8) is 0 Å². The maximum Gasteiger partial charge on any atom is 0.0764 e. The van der Waals surface area contributed by atoms with Crippen molar-refractivity contribution in [1.82, 2.24) is 0 Å². The molecule has 84 valence electrons. The molecule has 0 aliphatic carbocycles. The number of rotatable bonds is 4. The second-order valence-corrected chi connectivity index (χ2v) is 3.98. The summed E-state index contributed by atoms with van der Waals surface area (Å²) in [6.07, 6.45) is 1.59. The van der Waals surface area contributed by atoms with Crippen molar-refractivity contribution in [3.8, 4) is 0 Å². The molecule has 0 radical (unpaired) electrons. The monoisotopic (exact) mass is 214 g/mol. The third kappa shape index (κ3) is 3.90. The summed E-state index contributed by atoms with van der Waals surface area (Å²) < 4.78 is 0. The highest BCUT2D eigenvalue weighted by atomic mass is 16.3. The van der Waals surface area contributed by atoms with E-state index in [1.807, 2.05) is 44.2 Å². The van der Waals surface area contributed by atoms with E-state index in [2.05, 4.69) is 12.3 Å². The number of aliphatic hydroxyl groups is 1. The average Bonchev–Trinajstić information content (AvgIpc) is 2.28. The van der Waals surface area contributed by atoms with Crippen LogP contribution in [-0.4, -0.2) is 11.2 Å². The fraction of sp³-hybridized carbons (Fsp3) is 0.267. The van der Waals surface area contributed by atoms with Crippen molar-refractivity contribution in [2.75, 3.05) is 0 Å². The summed E-state index contributed by atoms with van der Waals surface area (Å²) >= 11 is 0. The maximum atomic E-state index is 9.61. The van der Waals surface area contributed by atoms with Crippen LogP contribution in [0.2, 0.25) is 0 Å². The fourth-order valence-electron chi connectivity index (χ4n) is 1.47. The lowest BCUT2D eigenvalue weighted by Gasteiger charge is -2.08. The fourth-order valence-corrected chi connectivity index (χ4v) is 1.47. The Labute approximate surface area is 97.4 Å². The number of hydrogen-bond acceptors (Lipinski definition) is 1. The first kappa shape index (κ1) is 12.5. The predicted octanol–water partition coefficient (Wildman–Crippen LogP) is 3.57. The topological polar surface area (TPSA) is 20.2 Å². The summed E-state index contributed by atoms with van der Waals surface area (Å²) in [4.78, 5) is 0. The zero-order chi connectivity index (χ0) is 12.0. The Morgan fingerprint density at radius 2 is 2.00 bits per heavy atom. The minimum absolute atomic E-state index is 0.512. The van der Waals surface area contributed by atoms with E-state index in [0.717, 1.165) is 16.7 Å². The van der Waals surface area contributed by atoms with E-state index in [9.17, 15) is 5.11 Å². The summed E-state index contributed by atoms with van der Waals surface area (Å²) in [5, 5.41) is 9.61. The summed E-state index contributed by atoms with van der Waals surface area (Å²) in [5.74, 6) is 0. The van der Waals surface area contributed by atoms with Gasteiger partial charge < -0.3 is 5.11 Å². The van der Waals surface area contributed by atoms with Gasteiger partial charge in [-0.1, -0.05) is 36.4 Å². The third-order valence-corrected chi connectivity index (χ3v) is 2.21. The van der Waals surface area contributed by atoms with Crippen molar-refractivity contribution in [2.45, 2.75) is 26.4 Å². The van der Waals surface area contributed by atoms with Crippen molar-refractivity contribution in [1.29, 1.82) is 0 Å². The first-order chi connectivity index (χ1) is 7.63. The molecule has 1 nitrogen and oxygen atoms in total. The van der Waals surface area contributed by atoms with E-state index in [1.54, 1.807) is 6.08 Å². The zero-order valence-electron chi connectivity index (χ0n) is 9.90. The van der Waals surface area contributed by atoms with E-state index in [4.69, 9.17) is 0 Å². The predicted molar refractivity (Wildman–Crippen MR) is 69.0 cm³/mol. The zero-order valence-corrected chi connectivity index (χ0v) is 9.90. The van der Waals surface area contributed by atoms with Crippen LogP contribution in [0.15, 0.2) is 54.3 Å². The van der Waals surface area contributed by atoms with Gasteiger partial charge in [-0.2, -0.15) is 0 Å². The molecule has 1 heteroatoms. The molecule has 0 aliphatic rings. The van der Waals surface area contributed by atoms with E-state index >= 15 is 0 Å². The van der Waals surface area contributed by atoms with Gasteiger partial charge in [0.1, 0.15) is 0 Å². The molecule has 0 bridgehead atoms. The number of aliphatic hydroxyl groups excluding tert-OH is 1. The molecular formula is C15H18O. The minimum Gasteiger partial charge on any atom is -0.389 e. The molecule has 16 heavy (non-hydrogen) atoms. The van der Waals surface area contributed by atoms with Gasteiger partial charge in [-0.05, 0) is 25.0 Å². The lowest BCUT2D eigenvalue weighted by Crippen LogP contribution is -2.02. The lowest BCUT2D eigenvalue weighted by atomic mass is 10.00. The molecule has 0 amide bonds. The minimum atomic E-state index is -0.512. The molecule has 1 aromatic carbocycles. The first-order valence-corrected chi connectivity index (χ1v) is 5.42. The first-order valence-electron chi connectivity index (χ1n) is 5.42. The number of hydrogen-bond donors (Lipinski definition) is 1. The highest BCUT2D eigenvalue weighted by Gasteiger charge is 2.05. The summed E-state index contributed by atoms with van der Waals surface area (Å²) in [6.45, 7) is 7.59. The van der Waals surface area contributed by atoms with Crippen LogP contribution in [0.3, 0.4) is 0 Å². The Morgan fingerprint density at radius 1 is 1.38 bits per heavy atom. The second-order valence-electron chi connectivity index (χ2n) is 3.98. The molecule has 0 aromatic heterocycles. The quantitative estimate of drug-likeness (QED) is 0.600. The highest BCUT2D eigenvalue weighted by molar-refractivity contribution is 5.65. The van der Waals surface area contributed by atoms with Crippen LogP contribution in [0, 0.1) is 0 Å². The van der Waals surface area contributed by atoms with Crippen LogP contribution in [-0.2, 0) is 0 Å². The molecular weight excluding hydrogens is 196 g/mol. The molecule has 0 fully saturated rings. The summed E-state index contributed by atoms with van der Waals surface area (Å²) in [5.41, 5.74) is 6.52. The van der Waals surface area contributed by atoms with E-state index in [0.29, 0.717) is 6.42 Å². The van der Waals surface area contributed by atoms with Crippen LogP contribution < -0.4 is 0 Å². The van der Waals surface area contributed by atoms with Crippen LogP contribution in [0.4, 0.5) is 0 Å². The van der Waals surface area contributed by atoms with Gasteiger partial charge in [0.05, 0.1) is 6.10 Å². The van der Waals surface area contributed by atoms with E-state index < -0.39 is 6.10 Å². The van der Waals surface area contributed by atoms with Gasteiger partial charge in [0.2, 0.25) is 0 Å². The molecule has 1 atom stereocenters. The Hall–Kier alpha value is -1.56. The SMILES string of the molecule is C=CC(O)CC(=C=C(C)C)c1ccccc1. The second kappa shape index (κ2) is 6.12. The molecule has 0 saturated carbocycles. The molecule has 0 saturated heterocycles. The van der Waals surface area contributed by atoms with Gasteiger partial charge in [-0.3, -0.25) is 0 Å². The van der Waals surface area contributed by atoms with E-state index in [1.165, 1.54) is 0 Å². The Bertz CT molecular complexity index is 404. The van der Waals surface area contributed by atoms with Gasteiger partial charge in [0.15, 0.2) is 0 Å². The van der Waals surface area contributed by atoms with E-state index in [-0.39, 0.29) is 0 Å². The highest BCUT2D eigenvalue weighted by Crippen LogP contribution is 2.19. The van der Waals surface area contributed by atoms with Crippen LogP contribution in [0.25, 0.3) is 5.57 Å². The molecule has 1 unspecified atom stereocenters. The molecule has 0 spiro atoms. The van der Waals surface area contributed by atoms with Crippen LogP contribution in [0.1, 0.15) is 25.8 Å². The molecule has 0 aliphatic heterocycles. The molecule has 1 N–H and O–H groups in total. The van der Waals surface area contributed by atoms with Gasteiger partial charge >= 0.3 is 0 Å². The van der Waals surface area contributed by atoms with Gasteiger partial charge in [0.25, 0.3) is 0 Å². The Balaban J connectivity index is 3.08.